The average Bonchev–Trinajstić information content (AvgIpc) is 3.18. The fraction of sp³-hybridized carbons (Fsp3) is 0.375. The standard InChI is InChI=1S/C16H18N4O3/c1-9(16(17)21)20-5-4-12-11(7-20)15(19-18-12)10-2-3-13-14(6-10)23-8-22-13/h2-3,6,9H,4-5,7-8H2,1H3,(H2,17,21)(H,18,19). The van der Waals surface area contributed by atoms with Crippen molar-refractivity contribution in [1.82, 2.24) is 15.1 Å². The SMILES string of the molecule is CC(C(N)=O)N1CCc2[nH]nc(-c3ccc4c(c3)OCO4)c2C1. The lowest BCUT2D eigenvalue weighted by atomic mass is 9.99. The van der Waals surface area contributed by atoms with Crippen LogP contribution in [0.3, 0.4) is 0 Å². The molecular formula is C16H18N4O3. The van der Waals surface area contributed by atoms with E-state index in [-0.39, 0.29) is 18.7 Å². The molecule has 4 rings (SSSR count). The number of hydrogen-bond donors (Lipinski definition) is 2. The molecule has 2 aromatic rings. The molecule has 0 aliphatic carbocycles. The second-order valence-corrected chi connectivity index (χ2v) is 5.90. The van der Waals surface area contributed by atoms with Crippen molar-refractivity contribution < 1.29 is 14.3 Å². The van der Waals surface area contributed by atoms with Gasteiger partial charge in [0.05, 0.1) is 11.7 Å². The monoisotopic (exact) mass is 314 g/mol. The zero-order valence-corrected chi connectivity index (χ0v) is 12.8. The zero-order valence-electron chi connectivity index (χ0n) is 12.8. The van der Waals surface area contributed by atoms with E-state index >= 15 is 0 Å². The smallest absolute Gasteiger partial charge is 0.234 e. The summed E-state index contributed by atoms with van der Waals surface area (Å²) in [7, 11) is 0. The van der Waals surface area contributed by atoms with Crippen molar-refractivity contribution >= 4 is 5.91 Å². The van der Waals surface area contributed by atoms with Crippen LogP contribution >= 0.6 is 0 Å². The fourth-order valence-electron chi connectivity index (χ4n) is 3.11. The molecule has 0 bridgehead atoms. The lowest BCUT2D eigenvalue weighted by molar-refractivity contribution is -0.123. The first-order valence-corrected chi connectivity index (χ1v) is 7.63. The van der Waals surface area contributed by atoms with E-state index in [9.17, 15) is 4.79 Å². The number of aromatic amines is 1. The number of H-pyrrole nitrogens is 1. The van der Waals surface area contributed by atoms with Gasteiger partial charge in [0, 0.05) is 36.3 Å². The number of hydrogen-bond acceptors (Lipinski definition) is 5. The largest absolute Gasteiger partial charge is 0.454 e. The maximum absolute atomic E-state index is 11.5. The van der Waals surface area contributed by atoms with Crippen LogP contribution in [0.4, 0.5) is 0 Å². The third-order valence-electron chi connectivity index (χ3n) is 4.57. The van der Waals surface area contributed by atoms with Gasteiger partial charge in [-0.15, -0.1) is 0 Å². The summed E-state index contributed by atoms with van der Waals surface area (Å²) in [5, 5.41) is 7.58. The summed E-state index contributed by atoms with van der Waals surface area (Å²) < 4.78 is 10.8. The summed E-state index contributed by atoms with van der Waals surface area (Å²) in [6, 6.07) is 5.52. The minimum absolute atomic E-state index is 0.251. The van der Waals surface area contributed by atoms with E-state index in [1.165, 1.54) is 0 Å². The van der Waals surface area contributed by atoms with Crippen molar-refractivity contribution in [3.63, 3.8) is 0 Å². The zero-order chi connectivity index (χ0) is 16.0. The molecule has 1 aromatic heterocycles. The van der Waals surface area contributed by atoms with Crippen molar-refractivity contribution in [2.45, 2.75) is 25.9 Å². The van der Waals surface area contributed by atoms with Gasteiger partial charge in [0.2, 0.25) is 12.7 Å². The summed E-state index contributed by atoms with van der Waals surface area (Å²) >= 11 is 0. The van der Waals surface area contributed by atoms with E-state index in [0.717, 1.165) is 47.0 Å². The molecule has 0 spiro atoms. The van der Waals surface area contributed by atoms with Crippen LogP contribution in [0.25, 0.3) is 11.3 Å². The lowest BCUT2D eigenvalue weighted by Crippen LogP contribution is -2.45. The van der Waals surface area contributed by atoms with Crippen molar-refractivity contribution in [3.8, 4) is 22.8 Å². The number of aromatic nitrogens is 2. The van der Waals surface area contributed by atoms with Gasteiger partial charge in [-0.2, -0.15) is 5.10 Å². The van der Waals surface area contributed by atoms with Gasteiger partial charge in [-0.05, 0) is 25.1 Å². The Hall–Kier alpha value is -2.54. The fourth-order valence-corrected chi connectivity index (χ4v) is 3.11. The first kappa shape index (κ1) is 14.1. The third-order valence-corrected chi connectivity index (χ3v) is 4.57. The normalized spacial score (nSPS) is 17.8. The first-order chi connectivity index (χ1) is 11.1. The molecular weight excluding hydrogens is 296 g/mol. The highest BCUT2D eigenvalue weighted by Crippen LogP contribution is 2.37. The van der Waals surface area contributed by atoms with Crippen LogP contribution in [-0.2, 0) is 17.8 Å². The number of nitrogens with zero attached hydrogens (tertiary/aromatic N) is 2. The molecule has 7 nitrogen and oxygen atoms in total. The van der Waals surface area contributed by atoms with Gasteiger partial charge in [-0.3, -0.25) is 14.8 Å². The van der Waals surface area contributed by atoms with E-state index in [1.807, 2.05) is 25.1 Å². The van der Waals surface area contributed by atoms with E-state index in [4.69, 9.17) is 15.2 Å². The predicted octanol–water partition coefficient (Wildman–Crippen LogP) is 1.04. The number of fused-ring (bicyclic) bond motifs is 2. The molecule has 2 aliphatic rings. The third kappa shape index (κ3) is 2.33. The van der Waals surface area contributed by atoms with Crippen molar-refractivity contribution in [3.05, 3.63) is 29.5 Å². The number of rotatable bonds is 3. The van der Waals surface area contributed by atoms with Gasteiger partial charge < -0.3 is 15.2 Å². The van der Waals surface area contributed by atoms with Gasteiger partial charge in [0.25, 0.3) is 0 Å². The highest BCUT2D eigenvalue weighted by Gasteiger charge is 2.28. The van der Waals surface area contributed by atoms with Crippen LogP contribution in [0, 0.1) is 0 Å². The molecule has 0 saturated heterocycles. The van der Waals surface area contributed by atoms with Gasteiger partial charge in [0.1, 0.15) is 0 Å². The van der Waals surface area contributed by atoms with Gasteiger partial charge in [-0.1, -0.05) is 0 Å². The molecule has 0 saturated carbocycles. The second kappa shape index (κ2) is 5.27. The summed E-state index contributed by atoms with van der Waals surface area (Å²) in [6.07, 6.45) is 0.824. The van der Waals surface area contributed by atoms with Gasteiger partial charge in [0.15, 0.2) is 11.5 Å². The molecule has 7 heteroatoms. The van der Waals surface area contributed by atoms with Crippen LogP contribution in [0.5, 0.6) is 11.5 Å². The first-order valence-electron chi connectivity index (χ1n) is 7.63. The van der Waals surface area contributed by atoms with Crippen LogP contribution in [-0.4, -0.2) is 40.4 Å². The van der Waals surface area contributed by atoms with Crippen LogP contribution in [0.15, 0.2) is 18.2 Å². The Morgan fingerprint density at radius 2 is 2.22 bits per heavy atom. The Morgan fingerprint density at radius 3 is 3.04 bits per heavy atom. The van der Waals surface area contributed by atoms with Crippen LogP contribution < -0.4 is 15.2 Å². The van der Waals surface area contributed by atoms with Crippen LogP contribution in [0.2, 0.25) is 0 Å². The summed E-state index contributed by atoms with van der Waals surface area (Å²) in [6.45, 7) is 3.54. The summed E-state index contributed by atoms with van der Waals surface area (Å²) in [5.74, 6) is 1.18. The number of nitrogens with two attached hydrogens (primary N) is 1. The molecule has 1 unspecified atom stereocenters. The molecule has 1 aromatic carbocycles. The molecule has 0 radical (unpaired) electrons. The molecule has 23 heavy (non-hydrogen) atoms. The molecule has 1 amide bonds. The molecule has 2 aliphatic heterocycles. The Labute approximate surface area is 133 Å². The number of ether oxygens (including phenoxy) is 2. The quantitative estimate of drug-likeness (QED) is 0.883. The predicted molar refractivity (Wildman–Crippen MR) is 82.9 cm³/mol. The number of carbonyl (C=O) groups excluding carboxylic acids is 1. The highest BCUT2D eigenvalue weighted by atomic mass is 16.7. The van der Waals surface area contributed by atoms with Crippen molar-refractivity contribution in [2.75, 3.05) is 13.3 Å². The van der Waals surface area contributed by atoms with E-state index in [2.05, 4.69) is 15.1 Å². The number of carbonyl (C=O) groups is 1. The van der Waals surface area contributed by atoms with Gasteiger partial charge >= 0.3 is 0 Å². The van der Waals surface area contributed by atoms with Crippen molar-refractivity contribution in [2.24, 2.45) is 5.73 Å². The topological polar surface area (TPSA) is 93.5 Å². The lowest BCUT2D eigenvalue weighted by Gasteiger charge is -2.30. The maximum Gasteiger partial charge on any atom is 0.234 e. The number of primary amides is 1. The Kier molecular flexibility index (Phi) is 3.23. The molecule has 1 atom stereocenters. The highest BCUT2D eigenvalue weighted by molar-refractivity contribution is 5.79. The van der Waals surface area contributed by atoms with Gasteiger partial charge in [-0.25, -0.2) is 0 Å². The average molecular weight is 314 g/mol. The minimum atomic E-state index is -0.304. The van der Waals surface area contributed by atoms with Crippen molar-refractivity contribution in [1.29, 1.82) is 0 Å². The van der Waals surface area contributed by atoms with E-state index in [0.29, 0.717) is 6.54 Å². The Morgan fingerprint density at radius 1 is 1.39 bits per heavy atom. The molecule has 0 fully saturated rings. The number of amides is 1. The Bertz CT molecular complexity index is 771. The Balaban J connectivity index is 1.68. The minimum Gasteiger partial charge on any atom is -0.454 e. The molecule has 3 heterocycles. The second-order valence-electron chi connectivity index (χ2n) is 5.90. The van der Waals surface area contributed by atoms with E-state index < -0.39 is 0 Å². The van der Waals surface area contributed by atoms with Crippen LogP contribution in [0.1, 0.15) is 18.2 Å². The number of benzene rings is 1. The summed E-state index contributed by atoms with van der Waals surface area (Å²) in [5.41, 5.74) is 9.53. The molecule has 3 N–H and O–H groups in total. The maximum atomic E-state index is 11.5. The summed E-state index contributed by atoms with van der Waals surface area (Å²) in [4.78, 5) is 13.5. The number of nitrogens with one attached hydrogen (secondary N) is 1. The molecule has 120 valence electrons. The van der Waals surface area contributed by atoms with E-state index in [1.54, 1.807) is 0 Å².